The third-order valence-corrected chi connectivity index (χ3v) is 5.11. The second kappa shape index (κ2) is 6.55. The van der Waals surface area contributed by atoms with Gasteiger partial charge in [-0.2, -0.15) is 0 Å². The van der Waals surface area contributed by atoms with Crippen LogP contribution in [0.1, 0.15) is 36.1 Å². The van der Waals surface area contributed by atoms with Crippen molar-refractivity contribution in [3.8, 4) is 0 Å². The lowest BCUT2D eigenvalue weighted by Crippen LogP contribution is -2.35. The lowest BCUT2D eigenvalue weighted by molar-refractivity contribution is -0.131. The minimum absolute atomic E-state index is 0.00222. The molecule has 2 aromatic rings. The van der Waals surface area contributed by atoms with E-state index in [1.165, 1.54) is 12.1 Å². The van der Waals surface area contributed by atoms with Gasteiger partial charge in [-0.15, -0.1) is 10.2 Å². The minimum Gasteiger partial charge on any atom is -0.332 e. The second-order valence-electron chi connectivity index (χ2n) is 6.91. The van der Waals surface area contributed by atoms with Gasteiger partial charge in [0.2, 0.25) is 5.91 Å². The van der Waals surface area contributed by atoms with Crippen molar-refractivity contribution in [1.82, 2.24) is 24.6 Å². The summed E-state index contributed by atoms with van der Waals surface area (Å²) < 4.78 is 15.2. The van der Waals surface area contributed by atoms with Gasteiger partial charge in [-0.1, -0.05) is 12.1 Å². The molecule has 4 rings (SSSR count). The zero-order valence-electron chi connectivity index (χ0n) is 14.4. The molecule has 0 bridgehead atoms. The molecule has 6 nitrogen and oxygen atoms in total. The number of carbonyl (C=O) groups is 1. The molecule has 0 unspecified atom stereocenters. The molecule has 1 amide bonds. The van der Waals surface area contributed by atoms with Gasteiger partial charge in [0.05, 0.1) is 19.0 Å². The number of nitrogens with zero attached hydrogens (tertiary/aromatic N) is 5. The number of hydrogen-bond acceptors (Lipinski definition) is 4. The first-order valence-electron chi connectivity index (χ1n) is 8.76. The van der Waals surface area contributed by atoms with E-state index in [4.69, 9.17) is 0 Å². The maximum absolute atomic E-state index is 13.0. The van der Waals surface area contributed by atoms with Gasteiger partial charge in [0.25, 0.3) is 0 Å². The number of likely N-dealkylation sites (N-methyl/N-ethyl adjacent to an activating group) is 1. The lowest BCUT2D eigenvalue weighted by atomic mass is 10.1. The molecule has 3 heterocycles. The van der Waals surface area contributed by atoms with Crippen molar-refractivity contribution in [2.24, 2.45) is 0 Å². The molecule has 132 valence electrons. The van der Waals surface area contributed by atoms with Crippen LogP contribution in [-0.4, -0.2) is 50.6 Å². The summed E-state index contributed by atoms with van der Waals surface area (Å²) in [5.41, 5.74) is 0.835. The molecular formula is C18H22FN5O. The molecule has 1 aromatic heterocycles. The summed E-state index contributed by atoms with van der Waals surface area (Å²) in [6.07, 6.45) is 2.19. The molecular weight excluding hydrogens is 321 g/mol. The van der Waals surface area contributed by atoms with Gasteiger partial charge in [0.15, 0.2) is 5.82 Å². The Bertz CT molecular complexity index is 772. The van der Waals surface area contributed by atoms with Crippen molar-refractivity contribution in [2.45, 2.75) is 38.4 Å². The molecule has 7 heteroatoms. The van der Waals surface area contributed by atoms with Crippen LogP contribution in [0.3, 0.4) is 0 Å². The highest BCUT2D eigenvalue weighted by Gasteiger charge is 2.34. The van der Waals surface area contributed by atoms with Crippen LogP contribution in [-0.2, 0) is 24.3 Å². The molecule has 1 atom stereocenters. The van der Waals surface area contributed by atoms with Gasteiger partial charge < -0.3 is 9.47 Å². The quantitative estimate of drug-likeness (QED) is 0.852. The number of aromatic nitrogens is 3. The monoisotopic (exact) mass is 343 g/mol. The number of benzene rings is 1. The fourth-order valence-corrected chi connectivity index (χ4v) is 3.76. The van der Waals surface area contributed by atoms with E-state index in [2.05, 4.69) is 26.7 Å². The molecule has 0 saturated carbocycles. The summed E-state index contributed by atoms with van der Waals surface area (Å²) >= 11 is 0. The molecule has 1 saturated heterocycles. The van der Waals surface area contributed by atoms with Crippen molar-refractivity contribution in [2.75, 3.05) is 20.1 Å². The highest BCUT2D eigenvalue weighted by Crippen LogP contribution is 2.32. The molecule has 0 N–H and O–H groups in total. The van der Waals surface area contributed by atoms with Crippen LogP contribution in [0.25, 0.3) is 0 Å². The average molecular weight is 343 g/mol. The molecule has 0 radical (unpaired) electrons. The first-order chi connectivity index (χ1) is 12.1. The van der Waals surface area contributed by atoms with Gasteiger partial charge in [-0.3, -0.25) is 9.69 Å². The van der Waals surface area contributed by atoms with Crippen LogP contribution in [0.4, 0.5) is 4.39 Å². The zero-order valence-corrected chi connectivity index (χ0v) is 14.4. The molecule has 0 aliphatic carbocycles. The SMILES string of the molecule is CN1CCn2c(nnc2[C@H]2CCCN2C(=O)Cc2ccc(F)cc2)C1. The van der Waals surface area contributed by atoms with Gasteiger partial charge in [0.1, 0.15) is 11.6 Å². The van der Waals surface area contributed by atoms with Gasteiger partial charge in [-0.05, 0) is 37.6 Å². The maximum atomic E-state index is 13.0. The van der Waals surface area contributed by atoms with Crippen molar-refractivity contribution in [3.05, 3.63) is 47.3 Å². The number of likely N-dealkylation sites (tertiary alicyclic amines) is 1. The smallest absolute Gasteiger partial charge is 0.227 e. The van der Waals surface area contributed by atoms with E-state index in [1.807, 2.05) is 4.90 Å². The Morgan fingerprint density at radius 3 is 2.80 bits per heavy atom. The lowest BCUT2D eigenvalue weighted by Gasteiger charge is -2.28. The Morgan fingerprint density at radius 2 is 2.00 bits per heavy atom. The predicted molar refractivity (Wildman–Crippen MR) is 90.1 cm³/mol. The van der Waals surface area contributed by atoms with Crippen LogP contribution in [0.15, 0.2) is 24.3 Å². The van der Waals surface area contributed by atoms with E-state index in [0.717, 1.165) is 56.2 Å². The summed E-state index contributed by atoms with van der Waals surface area (Å²) in [5, 5.41) is 8.74. The van der Waals surface area contributed by atoms with Crippen LogP contribution < -0.4 is 0 Å². The van der Waals surface area contributed by atoms with Crippen LogP contribution in [0.5, 0.6) is 0 Å². The van der Waals surface area contributed by atoms with E-state index in [-0.39, 0.29) is 17.8 Å². The second-order valence-corrected chi connectivity index (χ2v) is 6.91. The molecule has 0 spiro atoms. The minimum atomic E-state index is -0.282. The van der Waals surface area contributed by atoms with E-state index in [0.29, 0.717) is 6.42 Å². The largest absolute Gasteiger partial charge is 0.332 e. The maximum Gasteiger partial charge on any atom is 0.227 e. The predicted octanol–water partition coefficient (Wildman–Crippen LogP) is 1.77. The third-order valence-electron chi connectivity index (χ3n) is 5.11. The average Bonchev–Trinajstić information content (AvgIpc) is 3.22. The molecule has 2 aliphatic heterocycles. The zero-order chi connectivity index (χ0) is 17.4. The number of hydrogen-bond donors (Lipinski definition) is 0. The number of halogens is 1. The molecule has 2 aliphatic rings. The first-order valence-corrected chi connectivity index (χ1v) is 8.76. The third kappa shape index (κ3) is 3.16. The van der Waals surface area contributed by atoms with Crippen LogP contribution in [0, 0.1) is 5.82 Å². The first kappa shape index (κ1) is 16.2. The van der Waals surface area contributed by atoms with Crippen LogP contribution >= 0.6 is 0 Å². The van der Waals surface area contributed by atoms with Crippen molar-refractivity contribution >= 4 is 5.91 Å². The molecule has 25 heavy (non-hydrogen) atoms. The number of carbonyl (C=O) groups excluding carboxylic acids is 1. The Kier molecular flexibility index (Phi) is 4.25. The highest BCUT2D eigenvalue weighted by atomic mass is 19.1. The Hall–Kier alpha value is -2.28. The number of fused-ring (bicyclic) bond motifs is 1. The van der Waals surface area contributed by atoms with E-state index in [1.54, 1.807) is 12.1 Å². The fraction of sp³-hybridized carbons (Fsp3) is 0.500. The van der Waals surface area contributed by atoms with Gasteiger partial charge in [-0.25, -0.2) is 4.39 Å². The molecule has 1 fully saturated rings. The number of rotatable bonds is 3. The van der Waals surface area contributed by atoms with Crippen molar-refractivity contribution in [1.29, 1.82) is 0 Å². The summed E-state index contributed by atoms with van der Waals surface area (Å²) in [4.78, 5) is 16.9. The van der Waals surface area contributed by atoms with E-state index in [9.17, 15) is 9.18 Å². The van der Waals surface area contributed by atoms with E-state index < -0.39 is 0 Å². The normalized spacial score (nSPS) is 20.7. The summed E-state index contributed by atoms with van der Waals surface area (Å²) in [5.74, 6) is 1.67. The molecule has 1 aromatic carbocycles. The van der Waals surface area contributed by atoms with Crippen molar-refractivity contribution in [3.63, 3.8) is 0 Å². The van der Waals surface area contributed by atoms with Gasteiger partial charge >= 0.3 is 0 Å². The van der Waals surface area contributed by atoms with Gasteiger partial charge in [0, 0.05) is 19.6 Å². The summed E-state index contributed by atoms with van der Waals surface area (Å²) in [7, 11) is 2.08. The standard InChI is InChI=1S/C18H22FN5O/c1-22-9-10-24-16(12-22)20-21-18(24)15-3-2-8-23(15)17(25)11-13-4-6-14(19)7-5-13/h4-7,15H,2-3,8-12H2,1H3/t15-/m1/s1. The van der Waals surface area contributed by atoms with Crippen molar-refractivity contribution < 1.29 is 9.18 Å². The summed E-state index contributed by atoms with van der Waals surface area (Å²) in [6, 6.07) is 6.14. The Morgan fingerprint density at radius 1 is 1.20 bits per heavy atom. The van der Waals surface area contributed by atoms with E-state index >= 15 is 0 Å². The summed E-state index contributed by atoms with van der Waals surface area (Å²) in [6.45, 7) is 3.37. The Labute approximate surface area is 146 Å². The fourth-order valence-electron chi connectivity index (χ4n) is 3.76. The topological polar surface area (TPSA) is 54.3 Å². The number of amides is 1. The van der Waals surface area contributed by atoms with Crippen LogP contribution in [0.2, 0.25) is 0 Å². The highest BCUT2D eigenvalue weighted by molar-refractivity contribution is 5.79. The Balaban J connectivity index is 1.52.